The van der Waals surface area contributed by atoms with Gasteiger partial charge in [0.05, 0.1) is 23.4 Å². The molecule has 0 radical (unpaired) electrons. The van der Waals surface area contributed by atoms with E-state index in [4.69, 9.17) is 13.6 Å². The lowest BCUT2D eigenvalue weighted by Crippen LogP contribution is -2.37. The fourth-order valence-corrected chi connectivity index (χ4v) is 4.08. The highest BCUT2D eigenvalue weighted by molar-refractivity contribution is 7.92. The number of pyridine rings is 1. The van der Waals surface area contributed by atoms with Gasteiger partial charge in [0.15, 0.2) is 17.3 Å². The van der Waals surface area contributed by atoms with Crippen molar-refractivity contribution in [2.75, 3.05) is 17.1 Å². The number of hydrogen-bond donors (Lipinski definition) is 0. The van der Waals surface area contributed by atoms with Gasteiger partial charge >= 0.3 is 6.18 Å². The maximum atomic E-state index is 12.9. The molecule has 0 N–H and O–H groups in total. The van der Waals surface area contributed by atoms with Crippen LogP contribution in [0.2, 0.25) is 0 Å². The number of anilines is 1. The van der Waals surface area contributed by atoms with Crippen LogP contribution in [-0.4, -0.2) is 32.4 Å². The highest BCUT2D eigenvalue weighted by Crippen LogP contribution is 2.33. The summed E-state index contributed by atoms with van der Waals surface area (Å²) in [5, 5.41) is 0. The van der Waals surface area contributed by atoms with Crippen molar-refractivity contribution in [3.63, 3.8) is 0 Å². The van der Waals surface area contributed by atoms with E-state index in [1.54, 1.807) is 24.3 Å². The maximum Gasteiger partial charge on any atom is 0.404 e. The summed E-state index contributed by atoms with van der Waals surface area (Å²) in [6, 6.07) is 14.4. The van der Waals surface area contributed by atoms with Crippen LogP contribution in [0, 0.1) is 0 Å². The van der Waals surface area contributed by atoms with E-state index >= 15 is 0 Å². The third-order valence-corrected chi connectivity index (χ3v) is 5.75. The van der Waals surface area contributed by atoms with Crippen molar-refractivity contribution >= 4 is 15.7 Å². The first-order valence-corrected chi connectivity index (χ1v) is 10.5. The molecule has 3 rings (SSSR count). The lowest BCUT2D eigenvalue weighted by Gasteiger charge is -2.25. The first kappa shape index (κ1) is 18.5. The molecule has 0 fully saturated rings. The molecular weight excluding hydrogens is 433 g/mol. The normalized spacial score (nSPS) is 13.6. The molecule has 0 unspecified atom stereocenters. The van der Waals surface area contributed by atoms with Crippen LogP contribution in [0.3, 0.4) is 0 Å². The molecule has 0 saturated heterocycles. The van der Waals surface area contributed by atoms with Crippen molar-refractivity contribution < 1.29 is 35.2 Å². The molecule has 0 bridgehead atoms. The molecule has 1 heterocycles. The molecule has 0 amide bonds. The van der Waals surface area contributed by atoms with Gasteiger partial charge in [-0.05, 0) is 48.0 Å². The molecule has 0 aliphatic heterocycles. The number of sulfonamides is 1. The first-order valence-electron chi connectivity index (χ1n) is 10.3. The molecule has 31 heavy (non-hydrogen) atoms. The average molecular weight is 455 g/mol. The largest absolute Gasteiger partial charge is 0.493 e. The van der Waals surface area contributed by atoms with Gasteiger partial charge in [-0.2, -0.15) is 13.2 Å². The van der Waals surface area contributed by atoms with Crippen molar-refractivity contribution in [1.29, 1.82) is 0 Å². The summed E-state index contributed by atoms with van der Waals surface area (Å²) in [5.41, 5.74) is 0.372. The van der Waals surface area contributed by atoms with Crippen LogP contribution in [0.1, 0.15) is 9.68 Å². The fraction of sp³-hybridized carbons (Fsp3) is 0.190. The van der Waals surface area contributed by atoms with E-state index in [1.165, 1.54) is 48.8 Å². The molecule has 2 aromatic carbocycles. The topological polar surface area (TPSA) is 68.7 Å². The number of benzene rings is 2. The Morgan fingerprint density at radius 2 is 1.74 bits per heavy atom. The van der Waals surface area contributed by atoms with Gasteiger partial charge in [-0.25, -0.2) is 8.42 Å². The Morgan fingerprint density at radius 3 is 2.35 bits per heavy atom. The number of hydrogen-bond acceptors (Lipinski definition) is 5. The second-order valence-electron chi connectivity index (χ2n) is 6.38. The Kier molecular flexibility index (Phi) is 5.52. The number of para-hydroxylation sites is 2. The Bertz CT molecular complexity index is 1210. The second-order valence-corrected chi connectivity index (χ2v) is 8.28. The smallest absolute Gasteiger partial charge is 0.404 e. The van der Waals surface area contributed by atoms with Gasteiger partial charge < -0.3 is 9.47 Å². The van der Waals surface area contributed by atoms with Crippen LogP contribution in [-0.2, 0) is 16.6 Å². The second kappa shape index (κ2) is 9.25. The SMILES string of the molecule is [2H]C([2H])([2H])Oc1ccccc1Oc1ccc(N(Cc2cccnc2)S(=O)(=O)CC(F)(F)F)cc1. The summed E-state index contributed by atoms with van der Waals surface area (Å²) in [4.78, 5) is 3.87. The molecule has 164 valence electrons. The lowest BCUT2D eigenvalue weighted by molar-refractivity contribution is -0.106. The predicted molar refractivity (Wildman–Crippen MR) is 110 cm³/mol. The highest BCUT2D eigenvalue weighted by atomic mass is 32.2. The number of methoxy groups -OCH3 is 1. The summed E-state index contributed by atoms with van der Waals surface area (Å²) >= 11 is 0. The summed E-state index contributed by atoms with van der Waals surface area (Å²) in [7, 11) is -7.48. The van der Waals surface area contributed by atoms with E-state index in [0.29, 0.717) is 9.87 Å². The summed E-state index contributed by atoms with van der Waals surface area (Å²) in [5.74, 6) is -1.81. The Hall–Kier alpha value is -3.27. The van der Waals surface area contributed by atoms with Crippen LogP contribution in [0.25, 0.3) is 0 Å². The van der Waals surface area contributed by atoms with E-state index in [-0.39, 0.29) is 29.5 Å². The molecule has 0 atom stereocenters. The summed E-state index contributed by atoms with van der Waals surface area (Å²) < 4.78 is 96.9. The lowest BCUT2D eigenvalue weighted by atomic mass is 10.2. The average Bonchev–Trinajstić information content (AvgIpc) is 2.72. The molecule has 1 aromatic heterocycles. The van der Waals surface area contributed by atoms with Crippen molar-refractivity contribution in [1.82, 2.24) is 4.98 Å². The van der Waals surface area contributed by atoms with Crippen molar-refractivity contribution in [2.24, 2.45) is 0 Å². The number of halogens is 3. The summed E-state index contributed by atoms with van der Waals surface area (Å²) in [6.07, 6.45) is -2.12. The number of alkyl halides is 3. The molecule has 0 saturated carbocycles. The molecular formula is C21H19F3N2O4S. The van der Waals surface area contributed by atoms with Crippen LogP contribution in [0.4, 0.5) is 18.9 Å². The Morgan fingerprint density at radius 1 is 1.03 bits per heavy atom. The minimum Gasteiger partial charge on any atom is -0.493 e. The van der Waals surface area contributed by atoms with Gasteiger partial charge in [-0.15, -0.1) is 0 Å². The Labute approximate surface area is 182 Å². The minimum atomic E-state index is -4.93. The predicted octanol–water partition coefficient (Wildman–Crippen LogP) is 4.78. The van der Waals surface area contributed by atoms with Gasteiger partial charge in [0.25, 0.3) is 0 Å². The zero-order chi connectivity index (χ0) is 25.0. The molecule has 0 aliphatic rings. The highest BCUT2D eigenvalue weighted by Gasteiger charge is 2.38. The molecule has 6 nitrogen and oxygen atoms in total. The monoisotopic (exact) mass is 455 g/mol. The third kappa shape index (κ3) is 6.11. The van der Waals surface area contributed by atoms with Crippen LogP contribution < -0.4 is 13.8 Å². The van der Waals surface area contributed by atoms with Gasteiger partial charge in [0, 0.05) is 12.4 Å². The number of nitrogens with zero attached hydrogens (tertiary/aromatic N) is 2. The van der Waals surface area contributed by atoms with Crippen molar-refractivity contribution in [3.05, 3.63) is 78.6 Å². The zero-order valence-electron chi connectivity index (χ0n) is 18.9. The molecule has 0 spiro atoms. The molecule has 0 aliphatic carbocycles. The number of ether oxygens (including phenoxy) is 2. The first-order chi connectivity index (χ1) is 15.8. The maximum absolute atomic E-state index is 12.9. The van der Waals surface area contributed by atoms with Crippen molar-refractivity contribution in [3.8, 4) is 17.2 Å². The third-order valence-electron chi connectivity index (χ3n) is 4.04. The van der Waals surface area contributed by atoms with E-state index < -0.39 is 29.0 Å². The van der Waals surface area contributed by atoms with E-state index in [2.05, 4.69) is 4.98 Å². The van der Waals surface area contributed by atoms with Gasteiger partial charge in [-0.3, -0.25) is 9.29 Å². The van der Waals surface area contributed by atoms with Crippen LogP contribution in [0.5, 0.6) is 17.2 Å². The van der Waals surface area contributed by atoms with E-state index in [0.717, 1.165) is 0 Å². The van der Waals surface area contributed by atoms with Gasteiger partial charge in [0.1, 0.15) is 5.75 Å². The van der Waals surface area contributed by atoms with Crippen molar-refractivity contribution in [2.45, 2.75) is 12.7 Å². The van der Waals surface area contributed by atoms with Crippen LogP contribution >= 0.6 is 0 Å². The number of rotatable bonds is 8. The standard InChI is InChI=1S/C21H19F3N2O4S/c1-29-19-6-2-3-7-20(19)30-18-10-8-17(9-11-18)26(14-16-5-4-12-25-13-16)31(27,28)15-21(22,23)24/h2-13H,14-15H2,1H3/i1D3. The van der Waals surface area contributed by atoms with Gasteiger partial charge in [0.2, 0.25) is 10.0 Å². The number of aromatic nitrogens is 1. The van der Waals surface area contributed by atoms with Crippen LogP contribution in [0.15, 0.2) is 73.1 Å². The summed E-state index contributed by atoms with van der Waals surface area (Å²) in [6.45, 7) is -0.359. The Balaban J connectivity index is 1.89. The molecule has 10 heteroatoms. The van der Waals surface area contributed by atoms with E-state index in [9.17, 15) is 21.6 Å². The fourth-order valence-electron chi connectivity index (χ4n) is 2.72. The quantitative estimate of drug-likeness (QED) is 0.489. The zero-order valence-corrected chi connectivity index (χ0v) is 16.7. The molecule has 3 aromatic rings. The van der Waals surface area contributed by atoms with Gasteiger partial charge in [-0.1, -0.05) is 18.2 Å². The van der Waals surface area contributed by atoms with E-state index in [1.807, 2.05) is 0 Å². The minimum absolute atomic E-state index is 0.0209.